The van der Waals surface area contributed by atoms with Gasteiger partial charge in [0.1, 0.15) is 6.07 Å². The molecule has 0 aliphatic rings. The maximum atomic E-state index is 8.89. The molecule has 0 atom stereocenters. The van der Waals surface area contributed by atoms with Crippen molar-refractivity contribution in [1.29, 1.82) is 5.26 Å². The van der Waals surface area contributed by atoms with Crippen LogP contribution in [0.3, 0.4) is 0 Å². The highest BCUT2D eigenvalue weighted by Crippen LogP contribution is 2.32. The van der Waals surface area contributed by atoms with Crippen LogP contribution in [-0.4, -0.2) is 0 Å². The quantitative estimate of drug-likeness (QED) is 0.703. The lowest BCUT2D eigenvalue weighted by Gasteiger charge is -2.03. The summed E-state index contributed by atoms with van der Waals surface area (Å²) in [7, 11) is 0. The van der Waals surface area contributed by atoms with E-state index in [1.165, 1.54) is 0 Å². The van der Waals surface area contributed by atoms with Gasteiger partial charge < -0.3 is 0 Å². The number of hydrogen-bond donors (Lipinski definition) is 0. The summed E-state index contributed by atoms with van der Waals surface area (Å²) in [4.78, 5) is 0. The van der Waals surface area contributed by atoms with Crippen molar-refractivity contribution < 1.29 is 0 Å². The normalized spacial score (nSPS) is 10.1. The second-order valence-electron chi connectivity index (χ2n) is 2.88. The molecule has 0 saturated carbocycles. The Bertz CT molecular complexity index is 543. The van der Waals surface area contributed by atoms with E-state index in [1.807, 2.05) is 30.3 Å². The SMILES string of the molecule is N#Cc1c(Br)cc2ccccc2c1Cl. The number of nitriles is 1. The Morgan fingerprint density at radius 3 is 2.71 bits per heavy atom. The Hall–Kier alpha value is -1.04. The summed E-state index contributed by atoms with van der Waals surface area (Å²) < 4.78 is 0.740. The van der Waals surface area contributed by atoms with Gasteiger partial charge in [-0.2, -0.15) is 5.26 Å². The van der Waals surface area contributed by atoms with Crippen LogP contribution in [0.25, 0.3) is 10.8 Å². The van der Waals surface area contributed by atoms with Gasteiger partial charge in [0.15, 0.2) is 0 Å². The molecule has 0 saturated heterocycles. The molecule has 0 amide bonds. The second-order valence-corrected chi connectivity index (χ2v) is 4.11. The van der Waals surface area contributed by atoms with Crippen molar-refractivity contribution in [3.8, 4) is 6.07 Å². The zero-order valence-electron chi connectivity index (χ0n) is 7.09. The molecule has 0 aromatic heterocycles. The fourth-order valence-corrected chi connectivity index (χ4v) is 2.34. The van der Waals surface area contributed by atoms with Crippen molar-refractivity contribution in [3.63, 3.8) is 0 Å². The third-order valence-electron chi connectivity index (χ3n) is 2.05. The van der Waals surface area contributed by atoms with Gasteiger partial charge in [-0.3, -0.25) is 0 Å². The highest BCUT2D eigenvalue weighted by molar-refractivity contribution is 9.10. The van der Waals surface area contributed by atoms with Crippen LogP contribution in [0.15, 0.2) is 34.8 Å². The molecule has 0 N–H and O–H groups in total. The summed E-state index contributed by atoms with van der Waals surface area (Å²) in [6.45, 7) is 0. The first-order chi connectivity index (χ1) is 6.74. The van der Waals surface area contributed by atoms with E-state index >= 15 is 0 Å². The number of benzene rings is 2. The molecule has 2 rings (SSSR count). The molecule has 68 valence electrons. The van der Waals surface area contributed by atoms with Crippen LogP contribution in [0.1, 0.15) is 5.56 Å². The number of fused-ring (bicyclic) bond motifs is 1. The fraction of sp³-hybridized carbons (Fsp3) is 0. The zero-order chi connectivity index (χ0) is 10.1. The van der Waals surface area contributed by atoms with Crippen LogP contribution >= 0.6 is 27.5 Å². The van der Waals surface area contributed by atoms with E-state index in [2.05, 4.69) is 22.0 Å². The Labute approximate surface area is 95.0 Å². The highest BCUT2D eigenvalue weighted by Gasteiger charge is 2.08. The van der Waals surface area contributed by atoms with E-state index in [4.69, 9.17) is 16.9 Å². The molecular weight excluding hydrogens is 261 g/mol. The number of nitrogens with zero attached hydrogens (tertiary/aromatic N) is 1. The minimum Gasteiger partial charge on any atom is -0.192 e. The Morgan fingerprint density at radius 2 is 2.00 bits per heavy atom. The topological polar surface area (TPSA) is 23.8 Å². The van der Waals surface area contributed by atoms with E-state index in [1.54, 1.807) is 0 Å². The lowest BCUT2D eigenvalue weighted by Crippen LogP contribution is -1.82. The number of hydrogen-bond acceptors (Lipinski definition) is 1. The third-order valence-corrected chi connectivity index (χ3v) is 3.07. The molecular formula is C11H5BrClN. The summed E-state index contributed by atoms with van der Waals surface area (Å²) in [6, 6.07) is 11.7. The molecule has 2 aromatic rings. The molecule has 0 radical (unpaired) electrons. The van der Waals surface area contributed by atoms with E-state index in [0.717, 1.165) is 15.2 Å². The minimum atomic E-state index is 0.491. The third kappa shape index (κ3) is 1.39. The number of rotatable bonds is 0. The van der Waals surface area contributed by atoms with Crippen molar-refractivity contribution in [3.05, 3.63) is 45.4 Å². The van der Waals surface area contributed by atoms with Gasteiger partial charge >= 0.3 is 0 Å². The Kier molecular flexibility index (Phi) is 2.45. The number of halogens is 2. The van der Waals surface area contributed by atoms with E-state index in [9.17, 15) is 0 Å². The standard InChI is InChI=1S/C11H5BrClN/c12-10-5-7-3-1-2-4-8(7)11(13)9(10)6-14/h1-5H. The van der Waals surface area contributed by atoms with Crippen LogP contribution in [0, 0.1) is 11.3 Å². The lowest BCUT2D eigenvalue weighted by molar-refractivity contribution is 1.48. The van der Waals surface area contributed by atoms with Crippen molar-refractivity contribution >= 4 is 38.3 Å². The van der Waals surface area contributed by atoms with E-state index in [0.29, 0.717) is 10.6 Å². The molecule has 14 heavy (non-hydrogen) atoms. The first-order valence-corrected chi connectivity index (χ1v) is 5.18. The smallest absolute Gasteiger partial charge is 0.102 e. The predicted octanol–water partition coefficient (Wildman–Crippen LogP) is 4.13. The lowest BCUT2D eigenvalue weighted by atomic mass is 10.1. The highest BCUT2D eigenvalue weighted by atomic mass is 79.9. The molecule has 0 spiro atoms. The molecule has 0 unspecified atom stereocenters. The molecule has 3 heteroatoms. The summed E-state index contributed by atoms with van der Waals surface area (Å²) in [5, 5.41) is 11.3. The Morgan fingerprint density at radius 1 is 1.29 bits per heavy atom. The maximum Gasteiger partial charge on any atom is 0.102 e. The zero-order valence-corrected chi connectivity index (χ0v) is 9.43. The van der Waals surface area contributed by atoms with E-state index in [-0.39, 0.29) is 0 Å². The first kappa shape index (κ1) is 9.51. The molecule has 1 nitrogen and oxygen atoms in total. The molecule has 0 aliphatic heterocycles. The van der Waals surface area contributed by atoms with Crippen LogP contribution < -0.4 is 0 Å². The summed E-state index contributed by atoms with van der Waals surface area (Å²) in [5.41, 5.74) is 0.491. The average Bonchev–Trinajstić information content (AvgIpc) is 2.18. The summed E-state index contributed by atoms with van der Waals surface area (Å²) in [5.74, 6) is 0. The average molecular weight is 267 g/mol. The van der Waals surface area contributed by atoms with Crippen molar-refractivity contribution in [2.24, 2.45) is 0 Å². The van der Waals surface area contributed by atoms with Gasteiger partial charge in [-0.1, -0.05) is 35.9 Å². The fourth-order valence-electron chi connectivity index (χ4n) is 1.37. The molecule has 2 aromatic carbocycles. The first-order valence-electron chi connectivity index (χ1n) is 4.01. The molecule has 0 bridgehead atoms. The van der Waals surface area contributed by atoms with Crippen LogP contribution in [0.4, 0.5) is 0 Å². The van der Waals surface area contributed by atoms with Crippen LogP contribution in [-0.2, 0) is 0 Å². The Balaban J connectivity index is 2.95. The second kappa shape index (κ2) is 3.61. The van der Waals surface area contributed by atoms with Gasteiger partial charge in [0, 0.05) is 9.86 Å². The van der Waals surface area contributed by atoms with Crippen LogP contribution in [0.5, 0.6) is 0 Å². The van der Waals surface area contributed by atoms with Crippen molar-refractivity contribution in [2.45, 2.75) is 0 Å². The summed E-state index contributed by atoms with van der Waals surface area (Å²) in [6.07, 6.45) is 0. The van der Waals surface area contributed by atoms with Gasteiger partial charge in [0.25, 0.3) is 0 Å². The van der Waals surface area contributed by atoms with Crippen molar-refractivity contribution in [2.75, 3.05) is 0 Å². The summed E-state index contributed by atoms with van der Waals surface area (Å²) >= 11 is 9.42. The molecule has 0 aliphatic carbocycles. The van der Waals surface area contributed by atoms with Gasteiger partial charge in [-0.15, -0.1) is 0 Å². The molecule has 0 heterocycles. The monoisotopic (exact) mass is 265 g/mol. The van der Waals surface area contributed by atoms with Gasteiger partial charge in [-0.05, 0) is 27.4 Å². The maximum absolute atomic E-state index is 8.89. The van der Waals surface area contributed by atoms with Gasteiger partial charge in [0.05, 0.1) is 10.6 Å². The largest absolute Gasteiger partial charge is 0.192 e. The van der Waals surface area contributed by atoms with Gasteiger partial charge in [0.2, 0.25) is 0 Å². The minimum absolute atomic E-state index is 0.491. The molecule has 0 fully saturated rings. The van der Waals surface area contributed by atoms with Crippen molar-refractivity contribution in [1.82, 2.24) is 0 Å². The predicted molar refractivity (Wildman–Crippen MR) is 61.4 cm³/mol. The van der Waals surface area contributed by atoms with Gasteiger partial charge in [-0.25, -0.2) is 0 Å². The van der Waals surface area contributed by atoms with Crippen LogP contribution in [0.2, 0.25) is 5.02 Å². The van der Waals surface area contributed by atoms with E-state index < -0.39 is 0 Å².